The molecule has 0 rings (SSSR count). The SMILES string of the molecule is CC(C[P+](=O)[O-])CC(C)(C)C. The second-order valence-corrected chi connectivity index (χ2v) is 5.42. The van der Waals surface area contributed by atoms with Gasteiger partial charge in [-0.2, -0.15) is 0 Å². The zero-order valence-corrected chi connectivity index (χ0v) is 8.65. The van der Waals surface area contributed by atoms with Gasteiger partial charge in [-0.25, -0.2) is 0 Å². The highest BCUT2D eigenvalue weighted by atomic mass is 31.1. The van der Waals surface area contributed by atoms with Gasteiger partial charge in [-0.1, -0.05) is 32.3 Å². The first kappa shape index (κ1) is 11.1. The zero-order chi connectivity index (χ0) is 9.07. The van der Waals surface area contributed by atoms with Crippen molar-refractivity contribution >= 4 is 8.03 Å². The van der Waals surface area contributed by atoms with Gasteiger partial charge >= 0.3 is 8.03 Å². The van der Waals surface area contributed by atoms with E-state index in [1.165, 1.54) is 0 Å². The Kier molecular flexibility index (Phi) is 4.20. The van der Waals surface area contributed by atoms with Gasteiger partial charge < -0.3 is 4.89 Å². The molecule has 0 N–H and O–H groups in total. The van der Waals surface area contributed by atoms with Crippen molar-refractivity contribution in [2.75, 3.05) is 6.16 Å². The minimum absolute atomic E-state index is 0.241. The molecule has 2 atom stereocenters. The molecule has 0 spiro atoms. The van der Waals surface area contributed by atoms with Crippen molar-refractivity contribution < 1.29 is 9.46 Å². The summed E-state index contributed by atoms with van der Waals surface area (Å²) in [5, 5.41) is 0. The first-order chi connectivity index (χ1) is 4.81. The van der Waals surface area contributed by atoms with E-state index >= 15 is 0 Å². The summed E-state index contributed by atoms with van der Waals surface area (Å²) >= 11 is 0. The van der Waals surface area contributed by atoms with Crippen LogP contribution in [0.5, 0.6) is 0 Å². The molecule has 66 valence electrons. The molecule has 0 bridgehead atoms. The monoisotopic (exact) mass is 176 g/mol. The summed E-state index contributed by atoms with van der Waals surface area (Å²) in [5.41, 5.74) is 0.241. The maximum Gasteiger partial charge on any atom is 0.309 e. The van der Waals surface area contributed by atoms with Gasteiger partial charge in [0.15, 0.2) is 0 Å². The van der Waals surface area contributed by atoms with Crippen LogP contribution in [-0.2, 0) is 4.57 Å². The van der Waals surface area contributed by atoms with E-state index in [1.54, 1.807) is 0 Å². The molecular weight excluding hydrogens is 159 g/mol. The highest BCUT2D eigenvalue weighted by Gasteiger charge is 2.18. The van der Waals surface area contributed by atoms with Gasteiger partial charge in [-0.3, -0.25) is 0 Å². The minimum Gasteiger partial charge on any atom is -0.596 e. The first-order valence-corrected chi connectivity index (χ1v) is 5.29. The van der Waals surface area contributed by atoms with Gasteiger partial charge in [-0.15, -0.1) is 0 Å². The van der Waals surface area contributed by atoms with E-state index in [-0.39, 0.29) is 11.3 Å². The Balaban J connectivity index is 3.69. The van der Waals surface area contributed by atoms with Crippen LogP contribution in [0.2, 0.25) is 0 Å². The molecule has 0 aromatic heterocycles. The van der Waals surface area contributed by atoms with Crippen LogP contribution in [0.4, 0.5) is 0 Å². The van der Waals surface area contributed by atoms with Crippen LogP contribution in [0.1, 0.15) is 34.1 Å². The molecule has 2 unspecified atom stereocenters. The topological polar surface area (TPSA) is 40.1 Å². The fraction of sp³-hybridized carbons (Fsp3) is 1.00. The molecule has 11 heavy (non-hydrogen) atoms. The molecule has 0 aromatic carbocycles. The Morgan fingerprint density at radius 3 is 2.18 bits per heavy atom. The van der Waals surface area contributed by atoms with E-state index in [2.05, 4.69) is 20.8 Å². The minimum atomic E-state index is -2.19. The van der Waals surface area contributed by atoms with E-state index in [4.69, 9.17) is 0 Å². The molecule has 0 aliphatic carbocycles. The molecule has 0 aromatic rings. The molecule has 0 aliphatic heterocycles. The molecule has 0 heterocycles. The van der Waals surface area contributed by atoms with Gasteiger partial charge in [0.2, 0.25) is 0 Å². The maximum atomic E-state index is 10.3. The summed E-state index contributed by atoms with van der Waals surface area (Å²) in [5.74, 6) is 0.288. The lowest BCUT2D eigenvalue weighted by atomic mass is 9.86. The summed E-state index contributed by atoms with van der Waals surface area (Å²) < 4.78 is 10.3. The fourth-order valence-corrected chi connectivity index (χ4v) is 2.00. The molecule has 0 saturated heterocycles. The van der Waals surface area contributed by atoms with E-state index in [0.717, 1.165) is 6.42 Å². The second kappa shape index (κ2) is 4.18. The summed E-state index contributed by atoms with van der Waals surface area (Å²) in [6.07, 6.45) is 1.29. The van der Waals surface area contributed by atoms with E-state index < -0.39 is 8.03 Å². The highest BCUT2D eigenvalue weighted by molar-refractivity contribution is 7.36. The molecule has 0 fully saturated rings. The van der Waals surface area contributed by atoms with Crippen molar-refractivity contribution in [2.24, 2.45) is 11.3 Å². The van der Waals surface area contributed by atoms with Gasteiger partial charge in [0, 0.05) is 5.92 Å². The summed E-state index contributed by atoms with van der Waals surface area (Å²) in [6.45, 7) is 8.36. The average Bonchev–Trinajstić information content (AvgIpc) is 1.53. The summed E-state index contributed by atoms with van der Waals surface area (Å²) in [4.78, 5) is 10.3. The molecule has 0 aliphatic rings. The third-order valence-corrected chi connectivity index (χ3v) is 2.34. The molecule has 0 amide bonds. The standard InChI is InChI=1S/C8H17O2P/c1-7(6-11(9)10)5-8(2,3)4/h7H,5-6H2,1-4H3. The number of hydrogen-bond acceptors (Lipinski definition) is 2. The van der Waals surface area contributed by atoms with Crippen molar-refractivity contribution in [1.82, 2.24) is 0 Å². The molecule has 3 heteroatoms. The van der Waals surface area contributed by atoms with Crippen LogP contribution in [0.3, 0.4) is 0 Å². The lowest BCUT2D eigenvalue weighted by Gasteiger charge is -2.20. The molecule has 2 nitrogen and oxygen atoms in total. The second-order valence-electron chi connectivity index (χ2n) is 4.39. The largest absolute Gasteiger partial charge is 0.596 e. The quantitative estimate of drug-likeness (QED) is 0.618. The van der Waals surface area contributed by atoms with Crippen molar-refractivity contribution in [2.45, 2.75) is 34.1 Å². The Hall–Kier alpha value is 0.0600. The number of rotatable bonds is 3. The maximum absolute atomic E-state index is 10.3. The van der Waals surface area contributed by atoms with Crippen LogP contribution >= 0.6 is 8.03 Å². The van der Waals surface area contributed by atoms with E-state index in [0.29, 0.717) is 6.16 Å². The van der Waals surface area contributed by atoms with Gasteiger partial charge in [-0.05, 0) is 11.8 Å². The first-order valence-electron chi connectivity index (χ1n) is 3.93. The average molecular weight is 176 g/mol. The Bertz CT molecular complexity index is 138. The predicted molar refractivity (Wildman–Crippen MR) is 45.7 cm³/mol. The normalized spacial score (nSPS) is 16.3. The summed E-state index contributed by atoms with van der Waals surface area (Å²) in [7, 11) is -2.19. The van der Waals surface area contributed by atoms with Gasteiger partial charge in [0.05, 0.1) is 0 Å². The zero-order valence-electron chi connectivity index (χ0n) is 7.76. The third kappa shape index (κ3) is 7.96. The van der Waals surface area contributed by atoms with Crippen LogP contribution < -0.4 is 4.89 Å². The summed E-state index contributed by atoms with van der Waals surface area (Å²) in [6, 6.07) is 0. The lowest BCUT2D eigenvalue weighted by Crippen LogP contribution is -2.13. The van der Waals surface area contributed by atoms with E-state index in [9.17, 15) is 9.46 Å². The van der Waals surface area contributed by atoms with Crippen LogP contribution in [-0.4, -0.2) is 6.16 Å². The number of hydrogen-bond donors (Lipinski definition) is 0. The van der Waals surface area contributed by atoms with Crippen molar-refractivity contribution in [3.8, 4) is 0 Å². The molecule has 0 saturated carbocycles. The Morgan fingerprint density at radius 1 is 1.45 bits per heavy atom. The lowest BCUT2D eigenvalue weighted by molar-refractivity contribution is -0.164. The van der Waals surface area contributed by atoms with Crippen LogP contribution in [0.15, 0.2) is 0 Å². The molecular formula is C8H17O2P. The Labute approximate surface area is 69.9 Å². The van der Waals surface area contributed by atoms with Gasteiger partial charge in [0.25, 0.3) is 0 Å². The van der Waals surface area contributed by atoms with Crippen LogP contribution in [0.25, 0.3) is 0 Å². The van der Waals surface area contributed by atoms with E-state index in [1.807, 2.05) is 6.92 Å². The molecule has 0 radical (unpaired) electrons. The highest BCUT2D eigenvalue weighted by Crippen LogP contribution is 2.27. The van der Waals surface area contributed by atoms with Crippen molar-refractivity contribution in [1.29, 1.82) is 0 Å². The fourth-order valence-electron chi connectivity index (χ4n) is 1.36. The van der Waals surface area contributed by atoms with Crippen molar-refractivity contribution in [3.05, 3.63) is 0 Å². The Morgan fingerprint density at radius 2 is 1.91 bits per heavy atom. The predicted octanol–water partition coefficient (Wildman–Crippen LogP) is 2.16. The smallest absolute Gasteiger partial charge is 0.309 e. The van der Waals surface area contributed by atoms with Crippen LogP contribution in [0, 0.1) is 11.3 Å². The van der Waals surface area contributed by atoms with Crippen molar-refractivity contribution in [3.63, 3.8) is 0 Å². The van der Waals surface area contributed by atoms with Gasteiger partial charge in [0.1, 0.15) is 6.16 Å². The third-order valence-electron chi connectivity index (χ3n) is 1.42.